The number of hydrogen-bond donors (Lipinski definition) is 0. The SMILES string of the molecule is C[Si](C)(C)N(C(Cc1ccccc1)B1OCCCO1)[Si](C)(C)C. The summed E-state index contributed by atoms with van der Waals surface area (Å²) in [7, 11) is -3.07. The van der Waals surface area contributed by atoms with Gasteiger partial charge in [-0.3, -0.25) is 0 Å². The van der Waals surface area contributed by atoms with E-state index in [9.17, 15) is 0 Å². The van der Waals surface area contributed by atoms with Crippen LogP contribution in [0.25, 0.3) is 0 Å². The summed E-state index contributed by atoms with van der Waals surface area (Å²) in [6, 6.07) is 10.8. The Balaban J connectivity index is 2.33. The smallest absolute Gasteiger partial charge is 0.410 e. The lowest BCUT2D eigenvalue weighted by Gasteiger charge is -2.50. The van der Waals surface area contributed by atoms with Gasteiger partial charge in [0.2, 0.25) is 0 Å². The van der Waals surface area contributed by atoms with Crippen molar-refractivity contribution in [2.45, 2.75) is 58.1 Å². The summed E-state index contributed by atoms with van der Waals surface area (Å²) in [6.45, 7) is 16.3. The van der Waals surface area contributed by atoms with Crippen LogP contribution >= 0.6 is 0 Å². The van der Waals surface area contributed by atoms with Crippen LogP contribution < -0.4 is 0 Å². The van der Waals surface area contributed by atoms with E-state index in [-0.39, 0.29) is 7.12 Å². The molecule has 0 radical (unpaired) electrons. The maximum Gasteiger partial charge on any atom is 0.474 e. The lowest BCUT2D eigenvalue weighted by Crippen LogP contribution is -2.68. The first kappa shape index (κ1) is 18.9. The molecule has 1 fully saturated rings. The van der Waals surface area contributed by atoms with Gasteiger partial charge in [-0.05, 0) is 18.4 Å². The molecule has 0 aliphatic carbocycles. The highest BCUT2D eigenvalue weighted by Crippen LogP contribution is 2.28. The second kappa shape index (κ2) is 7.66. The van der Waals surface area contributed by atoms with Crippen LogP contribution in [0.15, 0.2) is 30.3 Å². The van der Waals surface area contributed by atoms with Crippen molar-refractivity contribution in [1.29, 1.82) is 0 Å². The Morgan fingerprint density at radius 3 is 1.96 bits per heavy atom. The lowest BCUT2D eigenvalue weighted by atomic mass is 9.74. The van der Waals surface area contributed by atoms with Crippen LogP contribution in [0.3, 0.4) is 0 Å². The van der Waals surface area contributed by atoms with Crippen LogP contribution in [-0.2, 0) is 15.7 Å². The van der Waals surface area contributed by atoms with E-state index in [0.717, 1.165) is 26.1 Å². The zero-order chi connectivity index (χ0) is 17.1. The molecule has 0 saturated carbocycles. The van der Waals surface area contributed by atoms with Crippen LogP contribution in [0.4, 0.5) is 0 Å². The summed E-state index contributed by atoms with van der Waals surface area (Å²) in [5.74, 6) is 0.316. The fraction of sp³-hybridized carbons (Fsp3) is 0.647. The first-order chi connectivity index (χ1) is 10.7. The van der Waals surface area contributed by atoms with Gasteiger partial charge in [0, 0.05) is 19.2 Å². The van der Waals surface area contributed by atoms with Crippen LogP contribution in [-0.4, -0.2) is 47.0 Å². The highest BCUT2D eigenvalue weighted by molar-refractivity contribution is 6.90. The second-order valence-electron chi connectivity index (χ2n) is 8.43. The predicted octanol–water partition coefficient (Wildman–Crippen LogP) is 4.03. The summed E-state index contributed by atoms with van der Waals surface area (Å²) in [5.41, 5.74) is 1.37. The zero-order valence-electron chi connectivity index (χ0n) is 15.6. The maximum absolute atomic E-state index is 6.06. The Morgan fingerprint density at radius 2 is 1.48 bits per heavy atom. The molecule has 23 heavy (non-hydrogen) atoms. The molecular formula is C17H32BNO2Si2. The van der Waals surface area contributed by atoms with Crippen molar-refractivity contribution in [3.8, 4) is 0 Å². The van der Waals surface area contributed by atoms with Crippen LogP contribution in [0.5, 0.6) is 0 Å². The van der Waals surface area contributed by atoms with E-state index in [2.05, 4.69) is 73.8 Å². The molecule has 1 aliphatic rings. The Hall–Kier alpha value is -0.401. The molecule has 1 unspecified atom stereocenters. The molecule has 1 aromatic rings. The van der Waals surface area contributed by atoms with E-state index in [1.807, 2.05) is 0 Å². The average molecular weight is 349 g/mol. The molecule has 1 saturated heterocycles. The molecule has 1 aliphatic heterocycles. The van der Waals surface area contributed by atoms with E-state index in [4.69, 9.17) is 9.31 Å². The van der Waals surface area contributed by atoms with Gasteiger partial charge in [0.15, 0.2) is 0 Å². The topological polar surface area (TPSA) is 21.7 Å². The van der Waals surface area contributed by atoms with Crippen molar-refractivity contribution in [2.24, 2.45) is 0 Å². The molecule has 3 nitrogen and oxygen atoms in total. The molecular weight excluding hydrogens is 317 g/mol. The third-order valence-corrected chi connectivity index (χ3v) is 11.8. The highest BCUT2D eigenvalue weighted by atomic mass is 28.4. The van der Waals surface area contributed by atoms with E-state index in [1.54, 1.807) is 0 Å². The third-order valence-electron chi connectivity index (χ3n) is 4.23. The molecule has 0 amide bonds. The van der Waals surface area contributed by atoms with Gasteiger partial charge in [-0.25, -0.2) is 0 Å². The predicted molar refractivity (Wildman–Crippen MR) is 105 cm³/mol. The van der Waals surface area contributed by atoms with Gasteiger partial charge in [0.1, 0.15) is 16.5 Å². The van der Waals surface area contributed by atoms with Gasteiger partial charge >= 0.3 is 7.12 Å². The number of benzene rings is 1. The molecule has 1 heterocycles. The van der Waals surface area contributed by atoms with Crippen LogP contribution in [0.2, 0.25) is 39.3 Å². The average Bonchev–Trinajstić information content (AvgIpc) is 2.46. The van der Waals surface area contributed by atoms with Gasteiger partial charge in [-0.15, -0.1) is 0 Å². The molecule has 1 atom stereocenters. The summed E-state index contributed by atoms with van der Waals surface area (Å²) >= 11 is 0. The minimum Gasteiger partial charge on any atom is -0.410 e. The fourth-order valence-corrected chi connectivity index (χ4v) is 14.4. The molecule has 1 aromatic carbocycles. The number of nitrogens with zero attached hydrogens (tertiary/aromatic N) is 1. The minimum absolute atomic E-state index is 0.0950. The second-order valence-corrected chi connectivity index (χ2v) is 18.5. The fourth-order valence-electron chi connectivity index (χ4n) is 3.89. The van der Waals surface area contributed by atoms with E-state index >= 15 is 0 Å². The highest BCUT2D eigenvalue weighted by Gasteiger charge is 2.46. The largest absolute Gasteiger partial charge is 0.474 e. The Bertz CT molecular complexity index is 468. The Labute approximate surface area is 144 Å². The van der Waals surface area contributed by atoms with Gasteiger partial charge in [0.05, 0.1) is 0 Å². The van der Waals surface area contributed by atoms with Gasteiger partial charge in [-0.1, -0.05) is 69.6 Å². The van der Waals surface area contributed by atoms with Crippen molar-refractivity contribution in [1.82, 2.24) is 4.23 Å². The molecule has 0 N–H and O–H groups in total. The van der Waals surface area contributed by atoms with E-state index in [1.165, 1.54) is 5.56 Å². The Morgan fingerprint density at radius 1 is 0.957 bits per heavy atom. The summed E-state index contributed by atoms with van der Waals surface area (Å²) in [4.78, 5) is 0. The van der Waals surface area contributed by atoms with Crippen molar-refractivity contribution in [2.75, 3.05) is 13.2 Å². The van der Waals surface area contributed by atoms with Crippen LogP contribution in [0.1, 0.15) is 12.0 Å². The van der Waals surface area contributed by atoms with Gasteiger partial charge in [0.25, 0.3) is 0 Å². The Kier molecular flexibility index (Phi) is 6.30. The van der Waals surface area contributed by atoms with Crippen molar-refractivity contribution in [3.63, 3.8) is 0 Å². The monoisotopic (exact) mass is 349 g/mol. The first-order valence-corrected chi connectivity index (χ1v) is 15.7. The van der Waals surface area contributed by atoms with Crippen LogP contribution in [0, 0.1) is 0 Å². The van der Waals surface area contributed by atoms with Crippen molar-refractivity contribution >= 4 is 23.6 Å². The van der Waals surface area contributed by atoms with Crippen molar-refractivity contribution < 1.29 is 9.31 Å². The normalized spacial score (nSPS) is 18.3. The zero-order valence-corrected chi connectivity index (χ0v) is 17.6. The molecule has 0 bridgehead atoms. The van der Waals surface area contributed by atoms with Gasteiger partial charge < -0.3 is 13.5 Å². The van der Waals surface area contributed by atoms with Crippen molar-refractivity contribution in [3.05, 3.63) is 35.9 Å². The maximum atomic E-state index is 6.06. The molecule has 2 rings (SSSR count). The summed E-state index contributed by atoms with van der Waals surface area (Å²) in [6.07, 6.45) is 2.01. The lowest BCUT2D eigenvalue weighted by molar-refractivity contribution is 0.120. The third kappa shape index (κ3) is 5.29. The standard InChI is InChI=1S/C17H32BNO2Si2/c1-22(2,3)19(23(4,5)6)17(18-20-13-10-14-21-18)15-16-11-8-7-9-12-16/h7-9,11-12,17H,10,13-15H2,1-6H3. The number of rotatable bonds is 6. The minimum atomic E-state index is -1.49. The first-order valence-electron chi connectivity index (χ1n) is 8.76. The summed E-state index contributed by atoms with van der Waals surface area (Å²) < 4.78 is 15.0. The number of hydrogen-bond acceptors (Lipinski definition) is 3. The molecule has 6 heteroatoms. The quantitative estimate of drug-likeness (QED) is 0.724. The van der Waals surface area contributed by atoms with E-state index in [0.29, 0.717) is 5.94 Å². The summed E-state index contributed by atoms with van der Waals surface area (Å²) in [5, 5.41) is 0. The van der Waals surface area contributed by atoms with Gasteiger partial charge in [-0.2, -0.15) is 0 Å². The molecule has 0 aromatic heterocycles. The molecule has 128 valence electrons. The van der Waals surface area contributed by atoms with E-state index < -0.39 is 16.5 Å². The molecule has 0 spiro atoms.